The Kier molecular flexibility index (Phi) is 8.27. The van der Waals surface area contributed by atoms with Gasteiger partial charge in [0.25, 0.3) is 0 Å². The molecule has 2 aromatic carbocycles. The smallest absolute Gasteiger partial charge is 0.247 e. The monoisotopic (exact) mass is 491 g/mol. The molecule has 184 valence electrons. The van der Waals surface area contributed by atoms with Crippen LogP contribution in [0.2, 0.25) is 0 Å². The quantitative estimate of drug-likeness (QED) is 0.591. The van der Waals surface area contributed by atoms with Gasteiger partial charge in [-0.1, -0.05) is 19.9 Å². The molecule has 0 aromatic heterocycles. The second-order valence-electron chi connectivity index (χ2n) is 8.61. The van der Waals surface area contributed by atoms with Crippen molar-refractivity contribution in [2.45, 2.75) is 37.6 Å². The molecule has 1 fully saturated rings. The molecule has 1 saturated heterocycles. The van der Waals surface area contributed by atoms with E-state index in [0.29, 0.717) is 24.3 Å². The highest BCUT2D eigenvalue weighted by Crippen LogP contribution is 2.25. The van der Waals surface area contributed by atoms with Crippen molar-refractivity contribution >= 4 is 27.5 Å². The van der Waals surface area contributed by atoms with Crippen molar-refractivity contribution in [3.8, 4) is 5.75 Å². The van der Waals surface area contributed by atoms with Gasteiger partial charge in [0.05, 0.1) is 17.9 Å². The molecule has 0 saturated carbocycles. The molecule has 1 heterocycles. The van der Waals surface area contributed by atoms with Crippen LogP contribution in [0.5, 0.6) is 5.75 Å². The van der Waals surface area contributed by atoms with Gasteiger partial charge in [-0.15, -0.1) is 0 Å². The van der Waals surface area contributed by atoms with Crippen molar-refractivity contribution in [1.82, 2.24) is 9.62 Å². The summed E-state index contributed by atoms with van der Waals surface area (Å²) in [6.07, 6.45) is 1.00. The van der Waals surface area contributed by atoms with Gasteiger partial charge in [-0.05, 0) is 55.2 Å². The van der Waals surface area contributed by atoms with Crippen LogP contribution in [0.15, 0.2) is 53.4 Å². The maximum absolute atomic E-state index is 13.2. The first kappa shape index (κ1) is 25.6. The number of piperidine rings is 1. The van der Waals surface area contributed by atoms with Crippen molar-refractivity contribution in [3.05, 3.63) is 54.3 Å². The zero-order valence-corrected chi connectivity index (χ0v) is 20.3. The average Bonchev–Trinajstić information content (AvgIpc) is 2.82. The van der Waals surface area contributed by atoms with E-state index in [4.69, 9.17) is 4.74 Å². The van der Waals surface area contributed by atoms with E-state index in [9.17, 15) is 22.4 Å². The molecule has 2 N–H and O–H groups in total. The Hall–Kier alpha value is -2.98. The highest BCUT2D eigenvalue weighted by Gasteiger charge is 2.35. The van der Waals surface area contributed by atoms with Gasteiger partial charge in [0.2, 0.25) is 21.8 Å². The number of hydrogen-bond acceptors (Lipinski definition) is 5. The second-order valence-corrected chi connectivity index (χ2v) is 10.5. The van der Waals surface area contributed by atoms with Crippen LogP contribution in [-0.4, -0.2) is 50.8 Å². The van der Waals surface area contributed by atoms with Crippen molar-refractivity contribution in [2.75, 3.05) is 25.5 Å². The first-order chi connectivity index (χ1) is 16.1. The summed E-state index contributed by atoms with van der Waals surface area (Å²) in [7, 11) is -2.33. The number of rotatable bonds is 8. The fraction of sp³-hybridized carbons (Fsp3) is 0.417. The summed E-state index contributed by atoms with van der Waals surface area (Å²) in [5, 5.41) is 5.60. The van der Waals surface area contributed by atoms with Crippen LogP contribution in [0.1, 0.15) is 26.7 Å². The topological polar surface area (TPSA) is 105 Å². The molecule has 8 nitrogen and oxygen atoms in total. The number of nitrogens with zero attached hydrogens (tertiary/aromatic N) is 1. The molecule has 3 rings (SSSR count). The summed E-state index contributed by atoms with van der Waals surface area (Å²) in [4.78, 5) is 25.9. The first-order valence-corrected chi connectivity index (χ1v) is 12.6. The van der Waals surface area contributed by atoms with Crippen LogP contribution in [0, 0.1) is 17.7 Å². The number of amides is 2. The molecular formula is C24H30FN3O5S. The maximum Gasteiger partial charge on any atom is 0.247 e. The lowest BCUT2D eigenvalue weighted by atomic mass is 9.96. The molecule has 10 heteroatoms. The third-order valence-corrected chi connectivity index (χ3v) is 7.67. The van der Waals surface area contributed by atoms with Crippen molar-refractivity contribution < 1.29 is 27.1 Å². The van der Waals surface area contributed by atoms with Crippen LogP contribution in [0.4, 0.5) is 10.1 Å². The number of carbonyl (C=O) groups is 2. The molecular weight excluding hydrogens is 461 g/mol. The Bertz CT molecular complexity index is 1120. The number of methoxy groups -OCH3 is 1. The van der Waals surface area contributed by atoms with Crippen molar-refractivity contribution in [2.24, 2.45) is 11.8 Å². The summed E-state index contributed by atoms with van der Waals surface area (Å²) < 4.78 is 45.5. The minimum Gasteiger partial charge on any atom is -0.497 e. The van der Waals surface area contributed by atoms with Crippen LogP contribution in [-0.2, 0) is 19.6 Å². The van der Waals surface area contributed by atoms with E-state index in [0.717, 1.165) is 12.1 Å². The number of hydrogen-bond donors (Lipinski definition) is 2. The summed E-state index contributed by atoms with van der Waals surface area (Å²) in [6.45, 7) is 3.91. The Morgan fingerprint density at radius 3 is 2.50 bits per heavy atom. The molecule has 0 radical (unpaired) electrons. The normalized spacial score (nSPS) is 17.7. The van der Waals surface area contributed by atoms with Crippen LogP contribution in [0.25, 0.3) is 0 Å². The molecule has 2 aromatic rings. The van der Waals surface area contributed by atoms with Gasteiger partial charge in [0, 0.05) is 24.8 Å². The molecule has 2 amide bonds. The predicted molar refractivity (Wildman–Crippen MR) is 126 cm³/mol. The zero-order chi connectivity index (χ0) is 24.9. The minimum atomic E-state index is -3.86. The van der Waals surface area contributed by atoms with Crippen molar-refractivity contribution in [1.29, 1.82) is 0 Å². The summed E-state index contributed by atoms with van der Waals surface area (Å²) in [6, 6.07) is 10.7. The highest BCUT2D eigenvalue weighted by molar-refractivity contribution is 7.89. The Morgan fingerprint density at radius 2 is 1.85 bits per heavy atom. The van der Waals surface area contributed by atoms with Crippen LogP contribution in [0.3, 0.4) is 0 Å². The van der Waals surface area contributed by atoms with Gasteiger partial charge >= 0.3 is 0 Å². The van der Waals surface area contributed by atoms with Crippen LogP contribution >= 0.6 is 0 Å². The summed E-state index contributed by atoms with van der Waals surface area (Å²) in [5.41, 5.74) is 0.540. The molecule has 2 atom stereocenters. The van der Waals surface area contributed by atoms with Gasteiger partial charge < -0.3 is 15.4 Å². The Balaban J connectivity index is 1.68. The van der Waals surface area contributed by atoms with E-state index < -0.39 is 27.8 Å². The van der Waals surface area contributed by atoms with E-state index in [2.05, 4.69) is 10.6 Å². The number of sulfonamides is 1. The standard InChI is InChI=1S/C24H30FN3O5S/c1-16(2)22(24(30)26-19-7-4-8-20(14-19)33-3)27-23(29)17-6-5-13-28(15-17)34(31,32)21-11-9-18(25)10-12-21/h4,7-12,14,16-17,22H,5-6,13,15H2,1-3H3,(H,26,30)(H,27,29)/t17?,22-/m1/s1. The maximum atomic E-state index is 13.2. The number of anilines is 1. The van der Waals surface area contributed by atoms with Gasteiger partial charge in [0.15, 0.2) is 0 Å². The van der Waals surface area contributed by atoms with Gasteiger partial charge in [-0.25, -0.2) is 12.8 Å². The zero-order valence-electron chi connectivity index (χ0n) is 19.5. The lowest BCUT2D eigenvalue weighted by Crippen LogP contribution is -2.52. The Morgan fingerprint density at radius 1 is 1.15 bits per heavy atom. The number of halogens is 1. The van der Waals surface area contributed by atoms with Crippen LogP contribution < -0.4 is 15.4 Å². The van der Waals surface area contributed by atoms with E-state index >= 15 is 0 Å². The molecule has 1 aliphatic heterocycles. The van der Waals surface area contributed by atoms with Gasteiger partial charge in [-0.3, -0.25) is 9.59 Å². The van der Waals surface area contributed by atoms with E-state index in [1.807, 2.05) is 13.8 Å². The second kappa shape index (κ2) is 11.0. The molecule has 0 aliphatic carbocycles. The molecule has 1 aliphatic rings. The minimum absolute atomic E-state index is 0.00609. The summed E-state index contributed by atoms with van der Waals surface area (Å²) >= 11 is 0. The molecule has 1 unspecified atom stereocenters. The van der Waals surface area contributed by atoms with Gasteiger partial charge in [0.1, 0.15) is 17.6 Å². The highest BCUT2D eigenvalue weighted by atomic mass is 32.2. The Labute approximate surface area is 199 Å². The number of nitrogens with one attached hydrogen (secondary N) is 2. The number of ether oxygens (including phenoxy) is 1. The third kappa shape index (κ3) is 6.12. The predicted octanol–water partition coefficient (Wildman–Crippen LogP) is 3.01. The average molecular weight is 492 g/mol. The first-order valence-electron chi connectivity index (χ1n) is 11.1. The van der Waals surface area contributed by atoms with E-state index in [-0.39, 0.29) is 35.7 Å². The number of carbonyl (C=O) groups excluding carboxylic acids is 2. The SMILES string of the molecule is COc1cccc(NC(=O)[C@H](NC(=O)C2CCCN(S(=O)(=O)c3ccc(F)cc3)C2)C(C)C)c1. The lowest BCUT2D eigenvalue weighted by molar-refractivity contribution is -0.130. The summed E-state index contributed by atoms with van der Waals surface area (Å²) in [5.74, 6) is -1.48. The number of benzene rings is 2. The van der Waals surface area contributed by atoms with E-state index in [1.54, 1.807) is 24.3 Å². The van der Waals surface area contributed by atoms with E-state index in [1.165, 1.54) is 23.5 Å². The molecule has 0 bridgehead atoms. The molecule has 34 heavy (non-hydrogen) atoms. The fourth-order valence-electron chi connectivity index (χ4n) is 3.86. The molecule has 0 spiro atoms. The largest absolute Gasteiger partial charge is 0.497 e. The third-order valence-electron chi connectivity index (χ3n) is 5.79. The lowest BCUT2D eigenvalue weighted by Gasteiger charge is -2.32. The van der Waals surface area contributed by atoms with Gasteiger partial charge in [-0.2, -0.15) is 4.31 Å². The van der Waals surface area contributed by atoms with Crippen molar-refractivity contribution in [3.63, 3.8) is 0 Å². The fourth-order valence-corrected chi connectivity index (χ4v) is 5.38.